The van der Waals surface area contributed by atoms with Crippen molar-refractivity contribution < 1.29 is 14.5 Å². The fourth-order valence-corrected chi connectivity index (χ4v) is 31.6. The Labute approximate surface area is 363 Å². The van der Waals surface area contributed by atoms with Crippen molar-refractivity contribution in [2.75, 3.05) is 0 Å². The summed E-state index contributed by atoms with van der Waals surface area (Å²) in [6.45, 7) is 28.3. The molecule has 9 heteroatoms. The molecule has 0 radical (unpaired) electrons. The first-order valence-electron chi connectivity index (χ1n) is 22.9. The van der Waals surface area contributed by atoms with E-state index in [-0.39, 0.29) is 16.2 Å². The van der Waals surface area contributed by atoms with Crippen molar-refractivity contribution in [3.05, 3.63) is 103 Å². The molecule has 0 unspecified atom stereocenters. The van der Waals surface area contributed by atoms with Gasteiger partial charge in [-0.2, -0.15) is 0 Å². The Kier molecular flexibility index (Phi) is 9.60. The van der Waals surface area contributed by atoms with Crippen molar-refractivity contribution in [3.63, 3.8) is 0 Å². The number of benzene rings is 3. The number of aryl methyl sites for hydroxylation is 9. The van der Waals surface area contributed by atoms with Crippen LogP contribution in [0.4, 0.5) is 0 Å². The predicted octanol–water partition coefficient (Wildman–Crippen LogP) is 15.1. The second-order valence-corrected chi connectivity index (χ2v) is 29.1. The van der Waals surface area contributed by atoms with Gasteiger partial charge in [0, 0.05) is 32.9 Å². The SMILES string of the molecule is Cc1cc(C)c(C2=NOC3(C4(C)CCCC4)P2C2(C4(C)CCCC4)ON=C(c4c(C)cc(C)cc4C)P2C2(C4(C)CCCC4)ON=C(c4c(C)cc(C)cc4C)P32)c(C)c1. The molecule has 3 aromatic rings. The van der Waals surface area contributed by atoms with E-state index in [0.717, 1.165) is 54.9 Å². The van der Waals surface area contributed by atoms with E-state index in [1.807, 2.05) is 0 Å². The molecule has 7 aliphatic rings. The molecule has 3 aromatic carbocycles. The first-order valence-corrected chi connectivity index (χ1v) is 27.0. The lowest BCUT2D eigenvalue weighted by Gasteiger charge is -2.67. The minimum absolute atomic E-state index is 0.186. The van der Waals surface area contributed by atoms with Crippen LogP contribution in [-0.4, -0.2) is 31.6 Å². The van der Waals surface area contributed by atoms with Gasteiger partial charge in [0.05, 0.1) is 23.8 Å². The van der Waals surface area contributed by atoms with E-state index >= 15 is 0 Å². The lowest BCUT2D eigenvalue weighted by molar-refractivity contribution is -0.0463. The molecule has 3 saturated carbocycles. The minimum atomic E-state index is -1.33. The van der Waals surface area contributed by atoms with Crippen molar-refractivity contribution in [1.82, 2.24) is 0 Å². The van der Waals surface area contributed by atoms with E-state index in [9.17, 15) is 0 Å². The Balaban J connectivity index is 1.39. The molecule has 0 N–H and O–H groups in total. The maximum absolute atomic E-state index is 7.94. The summed E-state index contributed by atoms with van der Waals surface area (Å²) in [5.74, 6) is 0. The second kappa shape index (κ2) is 13.9. The highest BCUT2D eigenvalue weighted by Crippen LogP contribution is 3.05. The van der Waals surface area contributed by atoms with Gasteiger partial charge in [-0.3, -0.25) is 0 Å². The number of hydrogen-bond donors (Lipinski definition) is 0. The average Bonchev–Trinajstić information content (AvgIpc) is 4.01. The standard InChI is InChI=1S/C51H66N3O3P3/c1-31-25-34(4)40(35(5)26-31)43-52-55-49(46(10)19-13-14-20-46)58(43)50(47(11)21-15-16-22-47)56-53-44(41-36(6)27-32(2)28-37(41)7)60(50)51(48(12)23-17-18-24-48)57-54-45(59(49)51)42-38(8)29-33(3)30-39(42)9/h25-30H,13-24H2,1-12H3. The topological polar surface area (TPSA) is 64.8 Å². The maximum Gasteiger partial charge on any atom is 0.198 e. The molecule has 3 aliphatic carbocycles. The Morgan fingerprint density at radius 3 is 0.767 bits per heavy atom. The molecule has 4 fully saturated rings. The lowest BCUT2D eigenvalue weighted by Crippen LogP contribution is -2.63. The van der Waals surface area contributed by atoms with Crippen molar-refractivity contribution in [3.8, 4) is 0 Å². The van der Waals surface area contributed by atoms with Crippen molar-refractivity contribution >= 4 is 40.1 Å². The Morgan fingerprint density at radius 1 is 0.367 bits per heavy atom. The molecule has 6 nitrogen and oxygen atoms in total. The monoisotopic (exact) mass is 861 g/mol. The van der Waals surface area contributed by atoms with Gasteiger partial charge in [-0.1, -0.05) is 128 Å². The number of rotatable bonds is 6. The van der Waals surface area contributed by atoms with Crippen molar-refractivity contribution in [1.29, 1.82) is 0 Å². The molecule has 0 atom stereocenters. The van der Waals surface area contributed by atoms with E-state index in [1.165, 1.54) is 105 Å². The van der Waals surface area contributed by atoms with E-state index in [4.69, 9.17) is 30.0 Å². The molecule has 0 aromatic heterocycles. The summed E-state index contributed by atoms with van der Waals surface area (Å²) in [5.41, 5.74) is 18.2. The second-order valence-electron chi connectivity index (χ2n) is 21.0. The highest BCUT2D eigenvalue weighted by molar-refractivity contribution is 8.09. The van der Waals surface area contributed by atoms with Crippen LogP contribution in [0.3, 0.4) is 0 Å². The van der Waals surface area contributed by atoms with Crippen LogP contribution >= 0.6 is 23.8 Å². The summed E-state index contributed by atoms with van der Waals surface area (Å²) in [5, 5.41) is 15.0. The molecule has 4 aliphatic heterocycles. The maximum atomic E-state index is 7.94. The summed E-state index contributed by atoms with van der Waals surface area (Å²) in [6.07, 6.45) is 13.7. The predicted molar refractivity (Wildman–Crippen MR) is 254 cm³/mol. The third kappa shape index (κ3) is 5.20. The van der Waals surface area contributed by atoms with Crippen molar-refractivity contribution in [2.24, 2.45) is 31.7 Å². The van der Waals surface area contributed by atoms with Gasteiger partial charge >= 0.3 is 0 Å². The minimum Gasteiger partial charge on any atom is -0.378 e. The number of oxime groups is 3. The van der Waals surface area contributed by atoms with Crippen LogP contribution in [0.5, 0.6) is 0 Å². The van der Waals surface area contributed by atoms with Gasteiger partial charge in [-0.05, 0) is 134 Å². The molecule has 1 saturated heterocycles. The summed E-state index contributed by atoms with van der Waals surface area (Å²) < 4.78 is 0. The highest BCUT2D eigenvalue weighted by atomic mass is 31.2. The van der Waals surface area contributed by atoms with Gasteiger partial charge in [0.15, 0.2) is 15.2 Å². The molecule has 0 amide bonds. The van der Waals surface area contributed by atoms with Gasteiger partial charge in [-0.15, -0.1) is 0 Å². The number of hydrogen-bond acceptors (Lipinski definition) is 6. The van der Waals surface area contributed by atoms with Crippen LogP contribution in [0.25, 0.3) is 0 Å². The molecule has 318 valence electrons. The van der Waals surface area contributed by atoms with E-state index < -0.39 is 39.0 Å². The zero-order chi connectivity index (χ0) is 42.4. The zero-order valence-electron chi connectivity index (χ0n) is 38.4. The third-order valence-corrected chi connectivity index (χ3v) is 29.6. The van der Waals surface area contributed by atoms with Gasteiger partial charge in [0.2, 0.25) is 0 Å². The van der Waals surface area contributed by atoms with Crippen LogP contribution in [0, 0.1) is 78.6 Å². The Bertz CT molecular complexity index is 2070. The molecular formula is C51H66N3O3P3. The molecule has 4 heterocycles. The fraction of sp³-hybridized carbons (Fsp3) is 0.588. The largest absolute Gasteiger partial charge is 0.378 e. The lowest BCUT2D eigenvalue weighted by atomic mass is 9.88. The molecule has 60 heavy (non-hydrogen) atoms. The smallest absolute Gasteiger partial charge is 0.198 e. The van der Waals surface area contributed by atoms with Crippen LogP contribution in [-0.2, 0) is 14.5 Å². The Hall–Kier alpha value is -2.64. The number of nitrogens with zero attached hydrogens (tertiary/aromatic N) is 3. The summed E-state index contributed by atoms with van der Waals surface area (Å²) in [6, 6.07) is 14.2. The summed E-state index contributed by atoms with van der Waals surface area (Å²) >= 11 is 0. The highest BCUT2D eigenvalue weighted by Gasteiger charge is 2.91. The van der Waals surface area contributed by atoms with Crippen LogP contribution in [0.1, 0.15) is 165 Å². The molecular weight excluding hydrogens is 796 g/mol. The van der Waals surface area contributed by atoms with Gasteiger partial charge < -0.3 is 14.5 Å². The van der Waals surface area contributed by atoms with Gasteiger partial charge in [0.25, 0.3) is 0 Å². The average molecular weight is 862 g/mol. The molecule has 0 bridgehead atoms. The van der Waals surface area contributed by atoms with Gasteiger partial charge in [-0.25, -0.2) is 0 Å². The van der Waals surface area contributed by atoms with E-state index in [1.54, 1.807) is 0 Å². The molecule has 10 rings (SSSR count). The summed E-state index contributed by atoms with van der Waals surface area (Å²) in [7, 11) is -3.98. The summed E-state index contributed by atoms with van der Waals surface area (Å²) in [4.78, 5) is 23.8. The third-order valence-electron chi connectivity index (χ3n) is 16.4. The first-order chi connectivity index (χ1) is 28.5. The van der Waals surface area contributed by atoms with Crippen LogP contribution in [0.15, 0.2) is 51.9 Å². The fourth-order valence-electron chi connectivity index (χ4n) is 13.9. The van der Waals surface area contributed by atoms with Crippen LogP contribution < -0.4 is 0 Å². The van der Waals surface area contributed by atoms with Crippen LogP contribution in [0.2, 0.25) is 0 Å². The Morgan fingerprint density at radius 2 is 0.567 bits per heavy atom. The van der Waals surface area contributed by atoms with Gasteiger partial charge in [0.1, 0.15) is 16.4 Å². The van der Waals surface area contributed by atoms with Crippen molar-refractivity contribution in [2.45, 2.75) is 175 Å². The zero-order valence-corrected chi connectivity index (χ0v) is 41.0. The quantitative estimate of drug-likeness (QED) is 0.232. The van der Waals surface area contributed by atoms with E-state index in [2.05, 4.69) is 119 Å². The van der Waals surface area contributed by atoms with E-state index in [0.29, 0.717) is 0 Å². The normalized spacial score (nSPS) is 33.0. The first kappa shape index (κ1) is 41.4. The number of fused-ring (bicyclic) bond motifs is 6. The molecule has 0 spiro atoms.